The molecule has 2 aromatic carbocycles. The molecule has 21 heavy (non-hydrogen) atoms. The fraction of sp³-hybridized carbons (Fsp3) is 0.200. The molecule has 1 amide bonds. The Morgan fingerprint density at radius 3 is 2.52 bits per heavy atom. The third kappa shape index (κ3) is 3.16. The fourth-order valence-electron chi connectivity index (χ4n) is 1.82. The van der Waals surface area contributed by atoms with Gasteiger partial charge in [0.25, 0.3) is 0 Å². The average molecular weight is 350 g/mol. The average Bonchev–Trinajstić information content (AvgIpc) is 2.46. The number of hydrogen-bond donors (Lipinski definition) is 3. The van der Waals surface area contributed by atoms with Crippen LogP contribution in [0.25, 0.3) is 10.8 Å². The lowest BCUT2D eigenvalue weighted by Gasteiger charge is -2.21. The first-order valence-electron chi connectivity index (χ1n) is 6.33. The van der Waals surface area contributed by atoms with Crippen LogP contribution in [0.1, 0.15) is 13.8 Å². The van der Waals surface area contributed by atoms with Crippen molar-refractivity contribution < 1.29 is 10.0 Å². The van der Waals surface area contributed by atoms with E-state index >= 15 is 0 Å². The Bertz CT molecular complexity index is 726. The number of anilines is 1. The second kappa shape index (κ2) is 5.73. The highest BCUT2D eigenvalue weighted by Crippen LogP contribution is 2.24. The predicted molar refractivity (Wildman–Crippen MR) is 87.5 cm³/mol. The van der Waals surface area contributed by atoms with Crippen LogP contribution in [0.2, 0.25) is 0 Å². The van der Waals surface area contributed by atoms with Gasteiger partial charge in [-0.05, 0) is 48.9 Å². The summed E-state index contributed by atoms with van der Waals surface area (Å²) in [5.74, 6) is -0.473. The zero-order chi connectivity index (χ0) is 15.6. The van der Waals surface area contributed by atoms with Gasteiger partial charge in [-0.1, -0.05) is 33.2 Å². The van der Waals surface area contributed by atoms with Gasteiger partial charge in [0.05, 0.1) is 0 Å². The van der Waals surface area contributed by atoms with Gasteiger partial charge in [0, 0.05) is 10.2 Å². The van der Waals surface area contributed by atoms with E-state index in [0.29, 0.717) is 5.69 Å². The van der Waals surface area contributed by atoms with Crippen LogP contribution in [0, 0.1) is 5.41 Å². The van der Waals surface area contributed by atoms with Gasteiger partial charge in [-0.2, -0.15) is 0 Å². The summed E-state index contributed by atoms with van der Waals surface area (Å²) in [7, 11) is 0. The molecule has 0 saturated carbocycles. The normalized spacial score (nSPS) is 12.4. The number of nitrogens with two attached hydrogens (primary N) is 1. The molecule has 4 N–H and O–H groups in total. The van der Waals surface area contributed by atoms with Crippen molar-refractivity contribution in [2.45, 2.75) is 13.8 Å². The number of nitrogens with zero attached hydrogens (tertiary/aromatic N) is 1. The summed E-state index contributed by atoms with van der Waals surface area (Å²) in [6, 6.07) is 11.5. The Morgan fingerprint density at radius 1 is 1.24 bits per heavy atom. The number of benzene rings is 2. The maximum atomic E-state index is 12.2. The Hall–Kier alpha value is -2.08. The molecule has 0 saturated heterocycles. The SMILES string of the molecule is CC(C)(C(=O)Nc1ccc2cc(Br)ccc2c1)/C(N)=N/O. The zero-order valence-electron chi connectivity index (χ0n) is 11.7. The number of oxime groups is 1. The molecule has 2 rings (SSSR count). The van der Waals surface area contributed by atoms with Crippen molar-refractivity contribution in [3.8, 4) is 0 Å². The number of carbonyl (C=O) groups excluding carboxylic acids is 1. The summed E-state index contributed by atoms with van der Waals surface area (Å²) in [5.41, 5.74) is 5.11. The van der Waals surface area contributed by atoms with Gasteiger partial charge in [0.1, 0.15) is 5.41 Å². The summed E-state index contributed by atoms with van der Waals surface area (Å²) in [5, 5.41) is 16.5. The highest BCUT2D eigenvalue weighted by Gasteiger charge is 2.32. The van der Waals surface area contributed by atoms with Crippen LogP contribution >= 0.6 is 15.9 Å². The van der Waals surface area contributed by atoms with Gasteiger partial charge in [-0.15, -0.1) is 0 Å². The topological polar surface area (TPSA) is 87.7 Å². The van der Waals surface area contributed by atoms with Crippen molar-refractivity contribution in [3.63, 3.8) is 0 Å². The number of amidine groups is 1. The summed E-state index contributed by atoms with van der Waals surface area (Å²) < 4.78 is 1.000. The monoisotopic (exact) mass is 349 g/mol. The first kappa shape index (κ1) is 15.3. The second-order valence-corrected chi connectivity index (χ2v) is 6.19. The van der Waals surface area contributed by atoms with Crippen LogP contribution < -0.4 is 11.1 Å². The quantitative estimate of drug-likeness (QED) is 0.343. The molecule has 0 spiro atoms. The molecule has 0 aliphatic heterocycles. The molecular formula is C15H16BrN3O2. The maximum absolute atomic E-state index is 12.2. The van der Waals surface area contributed by atoms with Crippen molar-refractivity contribution in [2.75, 3.05) is 5.32 Å². The Kier molecular flexibility index (Phi) is 4.18. The molecule has 0 radical (unpaired) electrons. The third-order valence-corrected chi connectivity index (χ3v) is 3.87. The first-order chi connectivity index (χ1) is 9.84. The van der Waals surface area contributed by atoms with Gasteiger partial charge in [-0.25, -0.2) is 0 Å². The summed E-state index contributed by atoms with van der Waals surface area (Å²) in [6.45, 7) is 3.19. The van der Waals surface area contributed by atoms with E-state index < -0.39 is 5.41 Å². The van der Waals surface area contributed by atoms with Crippen LogP contribution in [0.4, 0.5) is 5.69 Å². The number of carbonyl (C=O) groups is 1. The van der Waals surface area contributed by atoms with Gasteiger partial charge in [0.2, 0.25) is 5.91 Å². The number of rotatable bonds is 3. The molecule has 0 unspecified atom stereocenters. The smallest absolute Gasteiger partial charge is 0.237 e. The molecule has 0 aliphatic carbocycles. The highest BCUT2D eigenvalue weighted by molar-refractivity contribution is 9.10. The van der Waals surface area contributed by atoms with Gasteiger partial charge < -0.3 is 16.3 Å². The number of hydrogen-bond acceptors (Lipinski definition) is 3. The Balaban J connectivity index is 2.28. The maximum Gasteiger partial charge on any atom is 0.237 e. The number of nitrogens with one attached hydrogen (secondary N) is 1. The lowest BCUT2D eigenvalue weighted by molar-refractivity contribution is -0.121. The molecular weight excluding hydrogens is 334 g/mol. The highest BCUT2D eigenvalue weighted by atomic mass is 79.9. The van der Waals surface area contributed by atoms with E-state index in [-0.39, 0.29) is 11.7 Å². The molecule has 5 nitrogen and oxygen atoms in total. The van der Waals surface area contributed by atoms with Crippen LogP contribution in [0.15, 0.2) is 46.0 Å². The van der Waals surface area contributed by atoms with Crippen LogP contribution in [0.5, 0.6) is 0 Å². The molecule has 0 bridgehead atoms. The van der Waals surface area contributed by atoms with Crippen LogP contribution in [-0.2, 0) is 4.79 Å². The summed E-state index contributed by atoms with van der Waals surface area (Å²) in [4.78, 5) is 12.2. The molecule has 0 fully saturated rings. The standard InChI is InChI=1S/C15H16BrN3O2/c1-15(2,13(17)19-21)14(20)18-12-6-4-9-7-11(16)5-3-10(9)8-12/h3-8,21H,1-2H3,(H2,17,19)(H,18,20). The minimum Gasteiger partial charge on any atom is -0.409 e. The van der Waals surface area contributed by atoms with Gasteiger partial charge in [0.15, 0.2) is 5.84 Å². The van der Waals surface area contributed by atoms with Crippen LogP contribution in [-0.4, -0.2) is 17.0 Å². The molecule has 0 aliphatic rings. The zero-order valence-corrected chi connectivity index (χ0v) is 13.3. The van der Waals surface area contributed by atoms with E-state index in [1.807, 2.05) is 36.4 Å². The minimum atomic E-state index is -1.09. The lowest BCUT2D eigenvalue weighted by Crippen LogP contribution is -2.42. The van der Waals surface area contributed by atoms with Crippen molar-refractivity contribution in [3.05, 3.63) is 40.9 Å². The largest absolute Gasteiger partial charge is 0.409 e. The molecule has 6 heteroatoms. The van der Waals surface area contributed by atoms with E-state index in [0.717, 1.165) is 15.2 Å². The van der Waals surface area contributed by atoms with E-state index in [1.54, 1.807) is 13.8 Å². The molecule has 0 atom stereocenters. The Labute approximate surface area is 131 Å². The van der Waals surface area contributed by atoms with Crippen molar-refractivity contribution in [2.24, 2.45) is 16.3 Å². The number of fused-ring (bicyclic) bond motifs is 1. The fourth-order valence-corrected chi connectivity index (χ4v) is 2.20. The van der Waals surface area contributed by atoms with Gasteiger partial charge in [-0.3, -0.25) is 4.79 Å². The molecule has 0 heterocycles. The van der Waals surface area contributed by atoms with E-state index in [9.17, 15) is 4.79 Å². The van der Waals surface area contributed by atoms with Crippen molar-refractivity contribution >= 4 is 44.1 Å². The van der Waals surface area contributed by atoms with Gasteiger partial charge >= 0.3 is 0 Å². The van der Waals surface area contributed by atoms with E-state index in [2.05, 4.69) is 26.4 Å². The predicted octanol–water partition coefficient (Wildman–Crippen LogP) is 3.31. The summed E-state index contributed by atoms with van der Waals surface area (Å²) in [6.07, 6.45) is 0. The van der Waals surface area contributed by atoms with Crippen molar-refractivity contribution in [1.82, 2.24) is 0 Å². The van der Waals surface area contributed by atoms with E-state index in [1.165, 1.54) is 0 Å². The third-order valence-electron chi connectivity index (χ3n) is 3.38. The number of halogens is 1. The molecule has 110 valence electrons. The van der Waals surface area contributed by atoms with E-state index in [4.69, 9.17) is 10.9 Å². The lowest BCUT2D eigenvalue weighted by atomic mass is 9.91. The Morgan fingerprint density at radius 2 is 1.86 bits per heavy atom. The van der Waals surface area contributed by atoms with Crippen molar-refractivity contribution in [1.29, 1.82) is 0 Å². The number of amides is 1. The van der Waals surface area contributed by atoms with Crippen LogP contribution in [0.3, 0.4) is 0 Å². The molecule has 0 aromatic heterocycles. The summed E-state index contributed by atoms with van der Waals surface area (Å²) >= 11 is 3.42. The first-order valence-corrected chi connectivity index (χ1v) is 7.12. The molecule has 2 aromatic rings. The second-order valence-electron chi connectivity index (χ2n) is 5.27. The minimum absolute atomic E-state index is 0.135.